The number of aromatic nitrogens is 2. The third-order valence-electron chi connectivity index (χ3n) is 4.65. The lowest BCUT2D eigenvalue weighted by molar-refractivity contribution is 0.0939. The summed E-state index contributed by atoms with van der Waals surface area (Å²) in [4.78, 5) is 20.8. The smallest absolute Gasteiger partial charge is 0.251 e. The molecule has 0 aliphatic carbocycles. The van der Waals surface area contributed by atoms with Crippen LogP contribution in [-0.4, -0.2) is 29.0 Å². The maximum atomic E-state index is 12.2. The molecule has 6 heteroatoms. The number of methoxy groups -OCH3 is 1. The predicted molar refractivity (Wildman–Crippen MR) is 111 cm³/mol. The van der Waals surface area contributed by atoms with Gasteiger partial charge in [-0.1, -0.05) is 19.1 Å². The van der Waals surface area contributed by atoms with E-state index >= 15 is 0 Å². The van der Waals surface area contributed by atoms with E-state index in [4.69, 9.17) is 10.5 Å². The molecular formula is C22H24N4O2. The van der Waals surface area contributed by atoms with Crippen molar-refractivity contribution in [3.8, 4) is 28.1 Å². The molecule has 6 nitrogen and oxygen atoms in total. The number of hydrogen-bond acceptors (Lipinski definition) is 5. The summed E-state index contributed by atoms with van der Waals surface area (Å²) in [5.41, 5.74) is 10.2. The van der Waals surface area contributed by atoms with Gasteiger partial charge < -0.3 is 15.8 Å². The molecule has 1 atom stereocenters. The van der Waals surface area contributed by atoms with Crippen LogP contribution in [0.25, 0.3) is 22.3 Å². The van der Waals surface area contributed by atoms with Crippen molar-refractivity contribution in [3.63, 3.8) is 0 Å². The van der Waals surface area contributed by atoms with E-state index in [0.29, 0.717) is 17.3 Å². The second kappa shape index (κ2) is 8.52. The van der Waals surface area contributed by atoms with Gasteiger partial charge in [-0.2, -0.15) is 0 Å². The number of benzene rings is 1. The Morgan fingerprint density at radius 2 is 1.75 bits per heavy atom. The third-order valence-corrected chi connectivity index (χ3v) is 4.65. The van der Waals surface area contributed by atoms with Gasteiger partial charge in [-0.3, -0.25) is 4.79 Å². The van der Waals surface area contributed by atoms with Gasteiger partial charge in [0.15, 0.2) is 0 Å². The fraction of sp³-hybridized carbons (Fsp3) is 0.227. The zero-order chi connectivity index (χ0) is 20.1. The van der Waals surface area contributed by atoms with Gasteiger partial charge in [-0.05, 0) is 43.2 Å². The number of ether oxygens (including phenoxy) is 1. The molecule has 0 bridgehead atoms. The highest BCUT2D eigenvalue weighted by Crippen LogP contribution is 2.30. The molecule has 0 fully saturated rings. The molecule has 1 unspecified atom stereocenters. The quantitative estimate of drug-likeness (QED) is 0.680. The normalized spacial score (nSPS) is 11.7. The van der Waals surface area contributed by atoms with E-state index in [0.717, 1.165) is 28.7 Å². The molecule has 1 amide bonds. The maximum Gasteiger partial charge on any atom is 0.251 e. The van der Waals surface area contributed by atoms with E-state index in [1.54, 1.807) is 25.6 Å². The first-order chi connectivity index (χ1) is 13.5. The van der Waals surface area contributed by atoms with Gasteiger partial charge in [-0.25, -0.2) is 9.97 Å². The minimum atomic E-state index is -0.0682. The Morgan fingerprint density at radius 1 is 1.07 bits per heavy atom. The zero-order valence-corrected chi connectivity index (χ0v) is 16.3. The second-order valence-electron chi connectivity index (χ2n) is 6.61. The van der Waals surface area contributed by atoms with Gasteiger partial charge in [0.05, 0.1) is 7.11 Å². The minimum absolute atomic E-state index is 0.0682. The molecule has 0 spiro atoms. The van der Waals surface area contributed by atoms with E-state index in [2.05, 4.69) is 15.3 Å². The van der Waals surface area contributed by atoms with E-state index in [1.165, 1.54) is 0 Å². The number of pyridine rings is 2. The number of nitrogens with zero attached hydrogens (tertiary/aromatic N) is 2. The molecule has 2 aromatic heterocycles. The number of carbonyl (C=O) groups excluding carboxylic acids is 1. The van der Waals surface area contributed by atoms with E-state index in [1.807, 2.05) is 50.2 Å². The molecule has 3 aromatic rings. The molecule has 0 saturated heterocycles. The topological polar surface area (TPSA) is 90.1 Å². The van der Waals surface area contributed by atoms with Crippen molar-refractivity contribution in [1.82, 2.24) is 15.3 Å². The number of amides is 1. The predicted octanol–water partition coefficient (Wildman–Crippen LogP) is 3.93. The Hall–Kier alpha value is -3.41. The van der Waals surface area contributed by atoms with Crippen molar-refractivity contribution in [3.05, 3.63) is 60.4 Å². The molecule has 28 heavy (non-hydrogen) atoms. The van der Waals surface area contributed by atoms with Crippen LogP contribution in [-0.2, 0) is 0 Å². The van der Waals surface area contributed by atoms with Crippen LogP contribution >= 0.6 is 0 Å². The van der Waals surface area contributed by atoms with Crippen LogP contribution in [0.15, 0.2) is 54.9 Å². The average molecular weight is 376 g/mol. The van der Waals surface area contributed by atoms with Crippen LogP contribution in [0.4, 0.5) is 5.82 Å². The van der Waals surface area contributed by atoms with Crippen LogP contribution in [0, 0.1) is 0 Å². The maximum absolute atomic E-state index is 12.2. The van der Waals surface area contributed by atoms with E-state index in [-0.39, 0.29) is 11.9 Å². The Labute approximate surface area is 164 Å². The highest BCUT2D eigenvalue weighted by Gasteiger charge is 2.11. The van der Waals surface area contributed by atoms with Gasteiger partial charge in [0.1, 0.15) is 5.82 Å². The molecule has 0 aliphatic heterocycles. The molecule has 1 aromatic carbocycles. The average Bonchev–Trinajstić information content (AvgIpc) is 2.74. The second-order valence-corrected chi connectivity index (χ2v) is 6.61. The third kappa shape index (κ3) is 4.28. The summed E-state index contributed by atoms with van der Waals surface area (Å²) < 4.78 is 5.10. The van der Waals surface area contributed by atoms with Crippen LogP contribution in [0.2, 0.25) is 0 Å². The lowest BCUT2D eigenvalue weighted by Gasteiger charge is -2.12. The van der Waals surface area contributed by atoms with Crippen molar-refractivity contribution in [2.24, 2.45) is 0 Å². The summed E-state index contributed by atoms with van der Waals surface area (Å²) in [6, 6.07) is 13.3. The number of carbonyl (C=O) groups is 1. The van der Waals surface area contributed by atoms with Crippen molar-refractivity contribution < 1.29 is 9.53 Å². The summed E-state index contributed by atoms with van der Waals surface area (Å²) in [6.07, 6.45) is 4.33. The van der Waals surface area contributed by atoms with Gasteiger partial charge in [0.2, 0.25) is 5.88 Å². The summed E-state index contributed by atoms with van der Waals surface area (Å²) in [5.74, 6) is 0.902. The number of hydrogen-bond donors (Lipinski definition) is 2. The molecular weight excluding hydrogens is 352 g/mol. The van der Waals surface area contributed by atoms with Gasteiger partial charge in [-0.15, -0.1) is 0 Å². The van der Waals surface area contributed by atoms with Gasteiger partial charge >= 0.3 is 0 Å². The molecule has 144 valence electrons. The molecule has 3 rings (SSSR count). The van der Waals surface area contributed by atoms with Crippen LogP contribution < -0.4 is 15.8 Å². The van der Waals surface area contributed by atoms with Crippen molar-refractivity contribution in [2.75, 3.05) is 12.8 Å². The standard InChI is InChI=1S/C22H24N4O2/c1-4-14(2)26-22(27)16-7-5-15(6-8-16)18-11-19(21(23)25-13-18)17-9-10-20(28-3)24-12-17/h5-14H,4H2,1-3H3,(H2,23,25)(H,26,27). The number of nitrogen functional groups attached to an aromatic ring is 1. The van der Waals surface area contributed by atoms with Gasteiger partial charge in [0, 0.05) is 46.8 Å². The summed E-state index contributed by atoms with van der Waals surface area (Å²) in [6.45, 7) is 4.03. The molecule has 0 saturated carbocycles. The SMILES string of the molecule is CCC(C)NC(=O)c1ccc(-c2cnc(N)c(-c3ccc(OC)nc3)c2)cc1. The largest absolute Gasteiger partial charge is 0.481 e. The lowest BCUT2D eigenvalue weighted by Crippen LogP contribution is -2.31. The fourth-order valence-corrected chi connectivity index (χ4v) is 2.75. The highest BCUT2D eigenvalue weighted by atomic mass is 16.5. The Morgan fingerprint density at radius 3 is 2.36 bits per heavy atom. The van der Waals surface area contributed by atoms with Crippen molar-refractivity contribution in [2.45, 2.75) is 26.3 Å². The van der Waals surface area contributed by atoms with Crippen LogP contribution in [0.3, 0.4) is 0 Å². The van der Waals surface area contributed by atoms with Crippen LogP contribution in [0.1, 0.15) is 30.6 Å². The van der Waals surface area contributed by atoms with Crippen molar-refractivity contribution >= 4 is 11.7 Å². The first-order valence-corrected chi connectivity index (χ1v) is 9.19. The number of nitrogens with two attached hydrogens (primary N) is 1. The Bertz CT molecular complexity index is 953. The van der Waals surface area contributed by atoms with E-state index < -0.39 is 0 Å². The Balaban J connectivity index is 1.86. The van der Waals surface area contributed by atoms with Crippen LogP contribution in [0.5, 0.6) is 5.88 Å². The number of rotatable bonds is 6. The molecule has 0 radical (unpaired) electrons. The molecule has 0 aliphatic rings. The first-order valence-electron chi connectivity index (χ1n) is 9.19. The lowest BCUT2D eigenvalue weighted by atomic mass is 10.0. The zero-order valence-electron chi connectivity index (χ0n) is 16.3. The molecule has 2 heterocycles. The van der Waals surface area contributed by atoms with Gasteiger partial charge in [0.25, 0.3) is 5.91 Å². The first kappa shape index (κ1) is 19.4. The summed E-state index contributed by atoms with van der Waals surface area (Å²) >= 11 is 0. The monoisotopic (exact) mass is 376 g/mol. The summed E-state index contributed by atoms with van der Waals surface area (Å²) in [7, 11) is 1.57. The molecule has 3 N–H and O–H groups in total. The minimum Gasteiger partial charge on any atom is -0.481 e. The fourth-order valence-electron chi connectivity index (χ4n) is 2.75. The van der Waals surface area contributed by atoms with E-state index in [9.17, 15) is 4.79 Å². The highest BCUT2D eigenvalue weighted by molar-refractivity contribution is 5.95. The van der Waals surface area contributed by atoms with Crippen molar-refractivity contribution in [1.29, 1.82) is 0 Å². The number of anilines is 1. The Kier molecular flexibility index (Phi) is 5.89. The summed E-state index contributed by atoms with van der Waals surface area (Å²) in [5, 5.41) is 2.97. The number of nitrogens with one attached hydrogen (secondary N) is 1.